The zero-order chi connectivity index (χ0) is 13.2. The van der Waals surface area contributed by atoms with Crippen LogP contribution in [0, 0.1) is 0 Å². The average molecular weight is 286 g/mol. The first kappa shape index (κ1) is 17.4. The Labute approximate surface area is 119 Å². The lowest BCUT2D eigenvalue weighted by Crippen LogP contribution is -2.35. The van der Waals surface area contributed by atoms with Crippen molar-refractivity contribution in [3.05, 3.63) is 35.9 Å². The highest BCUT2D eigenvalue weighted by Gasteiger charge is 2.03. The van der Waals surface area contributed by atoms with Gasteiger partial charge in [-0.1, -0.05) is 18.2 Å². The summed E-state index contributed by atoms with van der Waals surface area (Å²) >= 11 is 0. The lowest BCUT2D eigenvalue weighted by molar-refractivity contribution is -0.120. The summed E-state index contributed by atoms with van der Waals surface area (Å²) in [5.74, 6) is -0.140. The molecule has 1 rings (SSSR count). The number of halogens is 1. The van der Waals surface area contributed by atoms with Gasteiger partial charge in [0.15, 0.2) is 0 Å². The molecule has 0 heterocycles. The Kier molecular flexibility index (Phi) is 9.48. The molecule has 6 heteroatoms. The van der Waals surface area contributed by atoms with Gasteiger partial charge in [0.2, 0.25) is 5.91 Å². The lowest BCUT2D eigenvalue weighted by Gasteiger charge is -2.07. The maximum Gasteiger partial charge on any atom is 0.251 e. The largest absolute Gasteiger partial charge is 0.354 e. The molecular weight excluding hydrogens is 266 g/mol. The Morgan fingerprint density at radius 1 is 1.00 bits per heavy atom. The normalized spacial score (nSPS) is 9.32. The molecule has 0 aromatic heterocycles. The molecule has 106 valence electrons. The van der Waals surface area contributed by atoms with Crippen LogP contribution in [0.2, 0.25) is 0 Å². The Hall–Kier alpha value is -1.59. The summed E-state index contributed by atoms with van der Waals surface area (Å²) in [7, 11) is 1.80. The Bertz CT molecular complexity index is 385. The van der Waals surface area contributed by atoms with E-state index in [2.05, 4.69) is 16.0 Å². The van der Waals surface area contributed by atoms with Crippen molar-refractivity contribution in [3.8, 4) is 0 Å². The number of nitrogens with one attached hydrogen (secondary N) is 3. The highest BCUT2D eigenvalue weighted by molar-refractivity contribution is 5.94. The number of carbonyl (C=O) groups excluding carboxylic acids is 2. The molecule has 1 aromatic carbocycles. The van der Waals surface area contributed by atoms with Gasteiger partial charge >= 0.3 is 0 Å². The molecule has 0 aliphatic heterocycles. The van der Waals surface area contributed by atoms with E-state index < -0.39 is 0 Å². The summed E-state index contributed by atoms with van der Waals surface area (Å²) in [5, 5.41) is 8.37. The molecule has 0 fully saturated rings. The minimum atomic E-state index is -0.125. The van der Waals surface area contributed by atoms with E-state index >= 15 is 0 Å². The number of carbonyl (C=O) groups is 2. The van der Waals surface area contributed by atoms with E-state index in [1.165, 1.54) is 0 Å². The van der Waals surface area contributed by atoms with Crippen molar-refractivity contribution in [2.75, 3.05) is 26.7 Å². The molecule has 1 aromatic rings. The number of benzene rings is 1. The van der Waals surface area contributed by atoms with E-state index in [1.54, 1.807) is 19.2 Å². The summed E-state index contributed by atoms with van der Waals surface area (Å²) in [6, 6.07) is 8.99. The molecule has 0 saturated heterocycles. The van der Waals surface area contributed by atoms with Crippen LogP contribution < -0.4 is 16.0 Å². The van der Waals surface area contributed by atoms with Crippen LogP contribution in [-0.4, -0.2) is 38.5 Å². The van der Waals surface area contributed by atoms with Crippen LogP contribution in [0.1, 0.15) is 16.8 Å². The summed E-state index contributed by atoms with van der Waals surface area (Å²) in [6.45, 7) is 1.53. The Morgan fingerprint density at radius 2 is 1.63 bits per heavy atom. The van der Waals surface area contributed by atoms with Gasteiger partial charge in [0.25, 0.3) is 5.91 Å². The third kappa shape index (κ3) is 7.43. The first-order valence-corrected chi connectivity index (χ1v) is 5.98. The molecule has 3 N–H and O–H groups in total. The SMILES string of the molecule is CNCCC(=O)NCCNC(=O)c1ccccc1.Cl. The number of amides is 2. The van der Waals surface area contributed by atoms with Crippen LogP contribution in [0.25, 0.3) is 0 Å². The summed E-state index contributed by atoms with van der Waals surface area (Å²) in [5.41, 5.74) is 0.624. The van der Waals surface area contributed by atoms with Gasteiger partial charge in [0.05, 0.1) is 0 Å². The molecule has 0 atom stereocenters. The van der Waals surface area contributed by atoms with E-state index in [1.807, 2.05) is 18.2 Å². The molecule has 0 aliphatic rings. The third-order valence-corrected chi connectivity index (χ3v) is 2.37. The monoisotopic (exact) mass is 285 g/mol. The van der Waals surface area contributed by atoms with Gasteiger partial charge in [-0.05, 0) is 19.2 Å². The topological polar surface area (TPSA) is 70.2 Å². The van der Waals surface area contributed by atoms with Crippen molar-refractivity contribution < 1.29 is 9.59 Å². The zero-order valence-electron chi connectivity index (χ0n) is 10.9. The van der Waals surface area contributed by atoms with Crippen molar-refractivity contribution in [1.29, 1.82) is 0 Å². The quantitative estimate of drug-likeness (QED) is 0.641. The second-order valence-electron chi connectivity index (χ2n) is 3.83. The summed E-state index contributed by atoms with van der Waals surface area (Å²) in [6.07, 6.45) is 0.448. The number of rotatable bonds is 7. The van der Waals surface area contributed by atoms with Gasteiger partial charge in [-0.15, -0.1) is 12.4 Å². The lowest BCUT2D eigenvalue weighted by atomic mass is 10.2. The maximum absolute atomic E-state index is 11.6. The molecule has 0 bridgehead atoms. The predicted octanol–water partition coefficient (Wildman–Crippen LogP) is 0.564. The summed E-state index contributed by atoms with van der Waals surface area (Å²) in [4.78, 5) is 22.9. The fourth-order valence-electron chi connectivity index (χ4n) is 1.40. The minimum Gasteiger partial charge on any atom is -0.354 e. The number of hydrogen-bond acceptors (Lipinski definition) is 3. The molecule has 0 radical (unpaired) electrons. The van der Waals surface area contributed by atoms with Gasteiger partial charge in [-0.2, -0.15) is 0 Å². The van der Waals surface area contributed by atoms with Crippen molar-refractivity contribution in [1.82, 2.24) is 16.0 Å². The van der Waals surface area contributed by atoms with Crippen LogP contribution in [0.15, 0.2) is 30.3 Å². The van der Waals surface area contributed by atoms with Crippen LogP contribution >= 0.6 is 12.4 Å². The van der Waals surface area contributed by atoms with E-state index in [-0.39, 0.29) is 24.2 Å². The molecule has 0 saturated carbocycles. The van der Waals surface area contributed by atoms with E-state index in [4.69, 9.17) is 0 Å². The van der Waals surface area contributed by atoms with E-state index in [0.717, 1.165) is 0 Å². The second kappa shape index (κ2) is 10.3. The molecule has 5 nitrogen and oxygen atoms in total. The smallest absolute Gasteiger partial charge is 0.251 e. The predicted molar refractivity (Wildman–Crippen MR) is 77.6 cm³/mol. The van der Waals surface area contributed by atoms with Gasteiger partial charge < -0.3 is 16.0 Å². The molecule has 0 unspecified atom stereocenters. The van der Waals surface area contributed by atoms with Crippen molar-refractivity contribution >= 4 is 24.2 Å². The fourth-order valence-corrected chi connectivity index (χ4v) is 1.40. The Morgan fingerprint density at radius 3 is 2.26 bits per heavy atom. The van der Waals surface area contributed by atoms with Gasteiger partial charge in [-0.25, -0.2) is 0 Å². The van der Waals surface area contributed by atoms with Crippen LogP contribution in [0.5, 0.6) is 0 Å². The van der Waals surface area contributed by atoms with Gasteiger partial charge in [0.1, 0.15) is 0 Å². The molecule has 19 heavy (non-hydrogen) atoms. The van der Waals surface area contributed by atoms with Crippen molar-refractivity contribution in [3.63, 3.8) is 0 Å². The van der Waals surface area contributed by atoms with Crippen molar-refractivity contribution in [2.24, 2.45) is 0 Å². The maximum atomic E-state index is 11.6. The van der Waals surface area contributed by atoms with E-state index in [9.17, 15) is 9.59 Å². The van der Waals surface area contributed by atoms with Crippen LogP contribution in [0.4, 0.5) is 0 Å². The highest BCUT2D eigenvalue weighted by atomic mass is 35.5. The molecular formula is C13H20ClN3O2. The Balaban J connectivity index is 0.00000324. The fraction of sp³-hybridized carbons (Fsp3) is 0.385. The molecule has 2 amide bonds. The first-order valence-electron chi connectivity index (χ1n) is 5.98. The second-order valence-corrected chi connectivity index (χ2v) is 3.83. The zero-order valence-corrected chi connectivity index (χ0v) is 11.8. The third-order valence-electron chi connectivity index (χ3n) is 2.37. The van der Waals surface area contributed by atoms with Crippen LogP contribution in [-0.2, 0) is 4.79 Å². The van der Waals surface area contributed by atoms with Gasteiger partial charge in [-0.3, -0.25) is 9.59 Å². The number of hydrogen-bond donors (Lipinski definition) is 3. The highest BCUT2D eigenvalue weighted by Crippen LogP contribution is 1.96. The van der Waals surface area contributed by atoms with Gasteiger partial charge in [0, 0.05) is 31.6 Å². The molecule has 0 aliphatic carbocycles. The van der Waals surface area contributed by atoms with E-state index in [0.29, 0.717) is 31.6 Å². The first-order chi connectivity index (χ1) is 8.74. The van der Waals surface area contributed by atoms with Crippen LogP contribution in [0.3, 0.4) is 0 Å². The van der Waals surface area contributed by atoms with Crippen molar-refractivity contribution in [2.45, 2.75) is 6.42 Å². The minimum absolute atomic E-state index is 0. The standard InChI is InChI=1S/C13H19N3O2.ClH/c1-14-8-7-12(17)15-9-10-16-13(18)11-5-3-2-4-6-11;/h2-6,14H,7-10H2,1H3,(H,15,17)(H,16,18);1H. The average Bonchev–Trinajstić information content (AvgIpc) is 2.42. The summed E-state index contributed by atoms with van der Waals surface area (Å²) < 4.78 is 0. The molecule has 0 spiro atoms.